The first-order chi connectivity index (χ1) is 9.25. The van der Waals surface area contributed by atoms with Crippen LogP contribution >= 0.6 is 23.1 Å². The molecule has 3 atom stereocenters. The van der Waals surface area contributed by atoms with Gasteiger partial charge in [-0.1, -0.05) is 6.92 Å². The molecule has 1 aromatic rings. The van der Waals surface area contributed by atoms with Crippen LogP contribution in [0.15, 0.2) is 11.4 Å². The molecule has 0 aliphatic carbocycles. The average Bonchev–Trinajstić information content (AvgIpc) is 2.89. The highest BCUT2D eigenvalue weighted by molar-refractivity contribution is 8.00. The highest BCUT2D eigenvalue weighted by Gasteiger charge is 2.31. The first-order valence-electron chi connectivity index (χ1n) is 6.94. The van der Waals surface area contributed by atoms with Gasteiger partial charge >= 0.3 is 0 Å². The predicted molar refractivity (Wildman–Crippen MR) is 81.8 cm³/mol. The minimum absolute atomic E-state index is 0.0112. The molecule has 1 amide bonds. The van der Waals surface area contributed by atoms with E-state index in [-0.39, 0.29) is 11.2 Å². The van der Waals surface area contributed by atoms with Crippen molar-refractivity contribution >= 4 is 29.0 Å². The normalized spacial score (nSPS) is 30.7. The number of hydrogen-bond donors (Lipinski definition) is 2. The van der Waals surface area contributed by atoms with Crippen molar-refractivity contribution in [3.8, 4) is 0 Å². The summed E-state index contributed by atoms with van der Waals surface area (Å²) in [7, 11) is 0. The molecule has 5 heteroatoms. The summed E-state index contributed by atoms with van der Waals surface area (Å²) in [5, 5.41) is 8.77. The fraction of sp³-hybridized carbons (Fsp3) is 0.643. The van der Waals surface area contributed by atoms with Crippen LogP contribution in [-0.2, 0) is 11.2 Å². The third kappa shape index (κ3) is 2.83. The maximum absolute atomic E-state index is 12.5. The maximum atomic E-state index is 12.5. The lowest BCUT2D eigenvalue weighted by atomic mass is 9.95. The van der Waals surface area contributed by atoms with Crippen LogP contribution in [0.5, 0.6) is 0 Å². The Labute approximate surface area is 122 Å². The molecule has 3 nitrogen and oxygen atoms in total. The standard InChI is InChI=1S/C14H20N2OS2/c1-9-8-15-5-2-11(9)16-14(17)13-10-3-6-18-12(10)4-7-19-13/h3,6,9,11,13,15H,2,4-5,7-8H2,1H3,(H,16,17). The van der Waals surface area contributed by atoms with Crippen LogP contribution in [0.2, 0.25) is 0 Å². The molecule has 0 bridgehead atoms. The number of fused-ring (bicyclic) bond motifs is 1. The lowest BCUT2D eigenvalue weighted by molar-refractivity contribution is -0.121. The van der Waals surface area contributed by atoms with Crippen LogP contribution in [-0.4, -0.2) is 30.8 Å². The number of thioether (sulfide) groups is 1. The second-order valence-electron chi connectivity index (χ2n) is 5.39. The van der Waals surface area contributed by atoms with E-state index < -0.39 is 0 Å². The fourth-order valence-electron chi connectivity index (χ4n) is 2.85. The quantitative estimate of drug-likeness (QED) is 0.879. The zero-order valence-corrected chi connectivity index (χ0v) is 12.8. The van der Waals surface area contributed by atoms with Crippen molar-refractivity contribution in [1.29, 1.82) is 0 Å². The third-order valence-corrected chi connectivity index (χ3v) is 6.26. The van der Waals surface area contributed by atoms with Gasteiger partial charge in [-0.15, -0.1) is 23.1 Å². The number of carbonyl (C=O) groups is 1. The Hall–Kier alpha value is -0.520. The van der Waals surface area contributed by atoms with E-state index in [4.69, 9.17) is 0 Å². The number of hydrogen-bond acceptors (Lipinski definition) is 4. The smallest absolute Gasteiger partial charge is 0.237 e. The van der Waals surface area contributed by atoms with Gasteiger partial charge in [0.1, 0.15) is 5.25 Å². The number of piperidine rings is 1. The zero-order valence-electron chi connectivity index (χ0n) is 11.1. The van der Waals surface area contributed by atoms with Gasteiger partial charge in [-0.3, -0.25) is 4.79 Å². The van der Waals surface area contributed by atoms with Crippen LogP contribution in [0.25, 0.3) is 0 Å². The van der Waals surface area contributed by atoms with E-state index in [1.165, 1.54) is 10.4 Å². The lowest BCUT2D eigenvalue weighted by Crippen LogP contribution is -2.49. The molecule has 0 aromatic carbocycles. The molecule has 3 rings (SSSR count). The molecule has 1 aromatic heterocycles. The summed E-state index contributed by atoms with van der Waals surface area (Å²) >= 11 is 3.58. The molecule has 19 heavy (non-hydrogen) atoms. The van der Waals surface area contributed by atoms with Gasteiger partial charge in [-0.25, -0.2) is 0 Å². The molecule has 2 aliphatic heterocycles. The van der Waals surface area contributed by atoms with Gasteiger partial charge in [0.15, 0.2) is 0 Å². The molecule has 104 valence electrons. The van der Waals surface area contributed by atoms with Crippen molar-refractivity contribution in [2.45, 2.75) is 31.1 Å². The van der Waals surface area contributed by atoms with Crippen molar-refractivity contribution in [1.82, 2.24) is 10.6 Å². The summed E-state index contributed by atoms with van der Waals surface area (Å²) in [6.07, 6.45) is 2.16. The van der Waals surface area contributed by atoms with Crippen LogP contribution in [0.1, 0.15) is 29.0 Å². The van der Waals surface area contributed by atoms with E-state index in [2.05, 4.69) is 29.0 Å². The summed E-state index contributed by atoms with van der Waals surface area (Å²) in [5.74, 6) is 1.80. The van der Waals surface area contributed by atoms with Crippen LogP contribution in [0.4, 0.5) is 0 Å². The fourth-order valence-corrected chi connectivity index (χ4v) is 5.15. The Bertz CT molecular complexity index is 460. The van der Waals surface area contributed by atoms with E-state index in [9.17, 15) is 4.79 Å². The van der Waals surface area contributed by atoms with Gasteiger partial charge in [0.2, 0.25) is 5.91 Å². The number of nitrogens with one attached hydrogen (secondary N) is 2. The van der Waals surface area contributed by atoms with Crippen LogP contribution in [0.3, 0.4) is 0 Å². The molecule has 1 fully saturated rings. The number of thiophene rings is 1. The SMILES string of the molecule is CC1CNCCC1NC(=O)C1SCCc2sccc21. The molecule has 0 spiro atoms. The van der Waals surface area contributed by atoms with E-state index in [0.29, 0.717) is 12.0 Å². The Morgan fingerprint density at radius 3 is 3.26 bits per heavy atom. The van der Waals surface area contributed by atoms with Gasteiger partial charge in [0.25, 0.3) is 0 Å². The van der Waals surface area contributed by atoms with E-state index in [0.717, 1.165) is 31.7 Å². The Morgan fingerprint density at radius 2 is 2.42 bits per heavy atom. The highest BCUT2D eigenvalue weighted by Crippen LogP contribution is 2.39. The summed E-state index contributed by atoms with van der Waals surface area (Å²) in [6, 6.07) is 2.46. The molecule has 0 radical (unpaired) electrons. The van der Waals surface area contributed by atoms with Gasteiger partial charge in [0.05, 0.1) is 0 Å². The first-order valence-corrected chi connectivity index (χ1v) is 8.87. The molecule has 0 saturated carbocycles. The number of amides is 1. The Kier molecular flexibility index (Phi) is 4.15. The number of carbonyl (C=O) groups excluding carboxylic acids is 1. The van der Waals surface area contributed by atoms with Gasteiger partial charge in [-0.05, 0) is 54.6 Å². The zero-order chi connectivity index (χ0) is 13.2. The molecule has 2 N–H and O–H groups in total. The molecule has 3 heterocycles. The molecular formula is C14H20N2OS2. The van der Waals surface area contributed by atoms with Crippen LogP contribution < -0.4 is 10.6 Å². The van der Waals surface area contributed by atoms with E-state index >= 15 is 0 Å². The van der Waals surface area contributed by atoms with Crippen molar-refractivity contribution < 1.29 is 4.79 Å². The Balaban J connectivity index is 1.68. The van der Waals surface area contributed by atoms with Crippen LogP contribution in [0, 0.1) is 5.92 Å². The summed E-state index contributed by atoms with van der Waals surface area (Å²) in [5.41, 5.74) is 1.25. The lowest BCUT2D eigenvalue weighted by Gasteiger charge is -2.32. The minimum Gasteiger partial charge on any atom is -0.352 e. The molecule has 2 aliphatic rings. The molecule has 3 unspecified atom stereocenters. The third-order valence-electron chi connectivity index (χ3n) is 4.03. The first kappa shape index (κ1) is 13.5. The summed E-state index contributed by atoms with van der Waals surface area (Å²) in [4.78, 5) is 13.9. The second kappa shape index (κ2) is 5.85. The van der Waals surface area contributed by atoms with Gasteiger partial charge < -0.3 is 10.6 Å². The topological polar surface area (TPSA) is 41.1 Å². The number of rotatable bonds is 2. The second-order valence-corrected chi connectivity index (χ2v) is 7.60. The van der Waals surface area contributed by atoms with Crippen molar-refractivity contribution in [3.05, 3.63) is 21.9 Å². The highest BCUT2D eigenvalue weighted by atomic mass is 32.2. The van der Waals surface area contributed by atoms with Crippen molar-refractivity contribution in [2.75, 3.05) is 18.8 Å². The molecular weight excluding hydrogens is 276 g/mol. The van der Waals surface area contributed by atoms with Crippen molar-refractivity contribution in [3.63, 3.8) is 0 Å². The number of aryl methyl sites for hydroxylation is 1. The molecule has 1 saturated heterocycles. The monoisotopic (exact) mass is 296 g/mol. The maximum Gasteiger partial charge on any atom is 0.237 e. The van der Waals surface area contributed by atoms with Gasteiger partial charge in [0, 0.05) is 10.9 Å². The van der Waals surface area contributed by atoms with Crippen molar-refractivity contribution in [2.24, 2.45) is 5.92 Å². The minimum atomic E-state index is 0.0112. The summed E-state index contributed by atoms with van der Waals surface area (Å²) < 4.78 is 0. The van der Waals surface area contributed by atoms with Gasteiger partial charge in [-0.2, -0.15) is 0 Å². The predicted octanol–water partition coefficient (Wildman–Crippen LogP) is 2.19. The average molecular weight is 296 g/mol. The van der Waals surface area contributed by atoms with E-state index in [1.807, 2.05) is 0 Å². The summed E-state index contributed by atoms with van der Waals surface area (Å²) in [6.45, 7) is 4.23. The van der Waals surface area contributed by atoms with E-state index in [1.54, 1.807) is 23.1 Å². The Morgan fingerprint density at radius 1 is 1.53 bits per heavy atom. The largest absolute Gasteiger partial charge is 0.352 e.